The Hall–Kier alpha value is -0.830. The summed E-state index contributed by atoms with van der Waals surface area (Å²) in [4.78, 5) is 8.65. The highest BCUT2D eigenvalue weighted by Crippen LogP contribution is 2.34. The Labute approximate surface area is 88.9 Å². The molecular weight excluding hydrogens is 192 g/mol. The Morgan fingerprint density at radius 1 is 1.36 bits per heavy atom. The van der Waals surface area contributed by atoms with E-state index in [2.05, 4.69) is 42.9 Å². The summed E-state index contributed by atoms with van der Waals surface area (Å²) < 4.78 is 0. The van der Waals surface area contributed by atoms with Crippen LogP contribution in [0.25, 0.3) is 6.08 Å². The molecule has 1 aromatic rings. The number of hydrogen-bond donors (Lipinski definition) is 0. The summed E-state index contributed by atoms with van der Waals surface area (Å²) in [5.41, 5.74) is 2.37. The monoisotopic (exact) mass is 206 g/mol. The first-order valence-electron chi connectivity index (χ1n) is 4.88. The van der Waals surface area contributed by atoms with Crippen molar-refractivity contribution in [1.82, 2.24) is 9.97 Å². The summed E-state index contributed by atoms with van der Waals surface area (Å²) >= 11 is 1.81. The summed E-state index contributed by atoms with van der Waals surface area (Å²) in [6.07, 6.45) is 6.04. The van der Waals surface area contributed by atoms with Gasteiger partial charge in [0, 0.05) is 10.8 Å². The van der Waals surface area contributed by atoms with Gasteiger partial charge in [-0.15, -0.1) is 0 Å². The predicted octanol–water partition coefficient (Wildman–Crippen LogP) is 3.11. The number of aromatic nitrogens is 2. The molecule has 14 heavy (non-hydrogen) atoms. The van der Waals surface area contributed by atoms with Gasteiger partial charge < -0.3 is 0 Å². The van der Waals surface area contributed by atoms with Gasteiger partial charge in [-0.3, -0.25) is 0 Å². The third-order valence-corrected chi connectivity index (χ3v) is 3.33. The maximum atomic E-state index is 4.34. The predicted molar refractivity (Wildman–Crippen MR) is 60.5 cm³/mol. The van der Waals surface area contributed by atoms with E-state index in [-0.39, 0.29) is 0 Å². The fourth-order valence-corrected chi connectivity index (χ4v) is 2.47. The molecule has 0 amide bonds. The van der Waals surface area contributed by atoms with Crippen LogP contribution >= 0.6 is 11.8 Å². The molecule has 74 valence electrons. The van der Waals surface area contributed by atoms with E-state index in [0.717, 1.165) is 10.7 Å². The Morgan fingerprint density at radius 3 is 2.86 bits per heavy atom. The summed E-state index contributed by atoms with van der Waals surface area (Å²) in [5.74, 6) is 0.463. The fraction of sp³-hybridized carbons (Fsp3) is 0.455. The molecule has 0 radical (unpaired) electrons. The van der Waals surface area contributed by atoms with Crippen LogP contribution in [0.15, 0.2) is 17.4 Å². The molecule has 1 atom stereocenters. The average Bonchev–Trinajstić information content (AvgIpc) is 2.16. The van der Waals surface area contributed by atoms with Crippen molar-refractivity contribution in [1.29, 1.82) is 0 Å². The molecule has 0 saturated carbocycles. The van der Waals surface area contributed by atoms with Crippen LogP contribution < -0.4 is 0 Å². The number of hydrogen-bond acceptors (Lipinski definition) is 3. The summed E-state index contributed by atoms with van der Waals surface area (Å²) in [6, 6.07) is 0. The minimum atomic E-state index is 0.463. The van der Waals surface area contributed by atoms with E-state index in [1.54, 1.807) is 18.1 Å². The molecule has 2 rings (SSSR count). The second-order valence-corrected chi connectivity index (χ2v) is 5.18. The maximum absolute atomic E-state index is 4.34. The molecule has 1 aliphatic heterocycles. The van der Waals surface area contributed by atoms with Crippen LogP contribution in [0.5, 0.6) is 0 Å². The summed E-state index contributed by atoms with van der Waals surface area (Å²) in [7, 11) is 0. The van der Waals surface area contributed by atoms with Crippen molar-refractivity contribution in [3.8, 4) is 0 Å². The van der Waals surface area contributed by atoms with Crippen molar-refractivity contribution in [2.45, 2.75) is 37.0 Å². The Balaban J connectivity index is 2.50. The summed E-state index contributed by atoms with van der Waals surface area (Å²) in [6.45, 7) is 6.51. The lowest BCUT2D eigenvalue weighted by Crippen LogP contribution is -2.05. The van der Waals surface area contributed by atoms with Gasteiger partial charge in [0.25, 0.3) is 0 Å². The molecule has 0 spiro atoms. The van der Waals surface area contributed by atoms with Crippen LogP contribution in [0.3, 0.4) is 0 Å². The summed E-state index contributed by atoms with van der Waals surface area (Å²) in [5, 5.41) is 1.65. The maximum Gasteiger partial charge on any atom is 0.117 e. The highest BCUT2D eigenvalue weighted by atomic mass is 32.2. The second kappa shape index (κ2) is 3.73. The lowest BCUT2D eigenvalue weighted by atomic mass is 10.0. The zero-order valence-corrected chi connectivity index (χ0v) is 9.51. The fourth-order valence-electron chi connectivity index (χ4n) is 1.55. The molecule has 1 unspecified atom stereocenters. The normalized spacial score (nSPS) is 19.9. The van der Waals surface area contributed by atoms with Crippen LogP contribution in [0.2, 0.25) is 0 Å². The van der Waals surface area contributed by atoms with Gasteiger partial charge in [-0.1, -0.05) is 37.8 Å². The van der Waals surface area contributed by atoms with E-state index in [0.29, 0.717) is 11.2 Å². The third kappa shape index (κ3) is 1.69. The molecule has 2 heterocycles. The van der Waals surface area contributed by atoms with Crippen LogP contribution in [0.4, 0.5) is 0 Å². The van der Waals surface area contributed by atoms with E-state index in [9.17, 15) is 0 Å². The minimum absolute atomic E-state index is 0.463. The molecule has 0 aliphatic carbocycles. The molecular formula is C11H14N2S. The van der Waals surface area contributed by atoms with Gasteiger partial charge in [-0.05, 0) is 12.8 Å². The third-order valence-electron chi connectivity index (χ3n) is 2.26. The number of fused-ring (bicyclic) bond motifs is 1. The molecule has 1 aromatic heterocycles. The Kier molecular flexibility index (Phi) is 2.59. The zero-order chi connectivity index (χ0) is 10.1. The van der Waals surface area contributed by atoms with E-state index < -0.39 is 0 Å². The van der Waals surface area contributed by atoms with Crippen LogP contribution in [-0.2, 0) is 0 Å². The Morgan fingerprint density at radius 2 is 2.14 bits per heavy atom. The lowest BCUT2D eigenvalue weighted by Gasteiger charge is -2.17. The minimum Gasteiger partial charge on any atom is -0.240 e. The van der Waals surface area contributed by atoms with Crippen molar-refractivity contribution in [2.75, 3.05) is 0 Å². The van der Waals surface area contributed by atoms with Crippen molar-refractivity contribution in [2.24, 2.45) is 0 Å². The van der Waals surface area contributed by atoms with Gasteiger partial charge in [-0.25, -0.2) is 9.97 Å². The molecule has 0 bridgehead atoms. The van der Waals surface area contributed by atoms with Gasteiger partial charge in [-0.2, -0.15) is 0 Å². The molecule has 1 aliphatic rings. The standard InChI is InChI=1S/C11H14N2S/c1-7(2)10-9-5-4-8(3)14-11(9)13-6-12-10/h4-8H,1-3H3. The molecule has 3 heteroatoms. The van der Waals surface area contributed by atoms with Gasteiger partial charge in [0.2, 0.25) is 0 Å². The molecule has 0 aromatic carbocycles. The van der Waals surface area contributed by atoms with Gasteiger partial charge in [0.1, 0.15) is 11.4 Å². The lowest BCUT2D eigenvalue weighted by molar-refractivity contribution is 0.793. The smallest absolute Gasteiger partial charge is 0.117 e. The van der Waals surface area contributed by atoms with Crippen LogP contribution in [0, 0.1) is 0 Å². The quantitative estimate of drug-likeness (QED) is 0.660. The van der Waals surface area contributed by atoms with E-state index in [1.165, 1.54) is 5.56 Å². The molecule has 2 nitrogen and oxygen atoms in total. The number of thioether (sulfide) groups is 1. The van der Waals surface area contributed by atoms with Gasteiger partial charge in [0.05, 0.1) is 5.69 Å². The van der Waals surface area contributed by atoms with Crippen molar-refractivity contribution in [3.63, 3.8) is 0 Å². The van der Waals surface area contributed by atoms with Crippen LogP contribution in [0.1, 0.15) is 37.9 Å². The van der Waals surface area contributed by atoms with Crippen molar-refractivity contribution < 1.29 is 0 Å². The van der Waals surface area contributed by atoms with Gasteiger partial charge in [0.15, 0.2) is 0 Å². The highest BCUT2D eigenvalue weighted by Gasteiger charge is 2.17. The first-order valence-corrected chi connectivity index (χ1v) is 5.76. The van der Waals surface area contributed by atoms with Gasteiger partial charge >= 0.3 is 0 Å². The SMILES string of the molecule is CC1C=Cc2c(ncnc2C(C)C)S1. The topological polar surface area (TPSA) is 25.8 Å². The number of nitrogens with zero attached hydrogens (tertiary/aromatic N) is 2. The Bertz CT molecular complexity index is 372. The largest absolute Gasteiger partial charge is 0.240 e. The highest BCUT2D eigenvalue weighted by molar-refractivity contribution is 8.00. The number of rotatable bonds is 1. The van der Waals surface area contributed by atoms with E-state index in [1.807, 2.05) is 0 Å². The van der Waals surface area contributed by atoms with Crippen molar-refractivity contribution >= 4 is 17.8 Å². The average molecular weight is 206 g/mol. The molecule has 0 N–H and O–H groups in total. The first kappa shape index (κ1) is 9.71. The van der Waals surface area contributed by atoms with E-state index in [4.69, 9.17) is 0 Å². The zero-order valence-electron chi connectivity index (χ0n) is 8.69. The van der Waals surface area contributed by atoms with Crippen molar-refractivity contribution in [3.05, 3.63) is 23.7 Å². The first-order chi connectivity index (χ1) is 6.68. The molecule has 0 saturated heterocycles. The molecule has 0 fully saturated rings. The van der Waals surface area contributed by atoms with E-state index >= 15 is 0 Å². The second-order valence-electron chi connectivity index (χ2n) is 3.81. The van der Waals surface area contributed by atoms with Crippen LogP contribution in [-0.4, -0.2) is 15.2 Å².